The van der Waals surface area contributed by atoms with Crippen LogP contribution in [0.15, 0.2) is 97.2 Å². The Hall–Kier alpha value is -2.58. The number of hydrogen-bond acceptors (Lipinski definition) is 5. The number of rotatable bonds is 44. The highest BCUT2D eigenvalue weighted by molar-refractivity contribution is 7.47. The van der Waals surface area contributed by atoms with Gasteiger partial charge in [-0.2, -0.15) is 0 Å². The molecule has 0 aromatic carbocycles. The van der Waals surface area contributed by atoms with Crippen molar-refractivity contribution in [2.75, 3.05) is 40.9 Å². The van der Waals surface area contributed by atoms with E-state index in [1.54, 1.807) is 0 Å². The average molecular weight is 900 g/mol. The van der Waals surface area contributed by atoms with Crippen LogP contribution >= 0.6 is 7.82 Å². The number of amides is 1. The summed E-state index contributed by atoms with van der Waals surface area (Å²) in [6.45, 7) is 4.73. The number of quaternary nitrogens is 1. The van der Waals surface area contributed by atoms with E-state index >= 15 is 0 Å². The molecule has 0 aliphatic carbocycles. The minimum Gasteiger partial charge on any atom is -0.391 e. The molecule has 3 atom stereocenters. The molecule has 3 unspecified atom stereocenters. The number of nitrogens with one attached hydrogen (secondary N) is 1. The molecule has 0 bridgehead atoms. The summed E-state index contributed by atoms with van der Waals surface area (Å²) in [6, 6.07) is -0.780. The van der Waals surface area contributed by atoms with Crippen LogP contribution in [0.1, 0.15) is 187 Å². The SMILES string of the molecule is CC/C=C\C/C=C\C/C=C\C/C=C\C/C=C\C/C=C\C/C=C\C/C=C\CCCCCCC(=O)NC(COP(=O)(O)OCC[N+](C)(C)C)C(O)CCCCCCCCCCCCCC. The Morgan fingerprint density at radius 1 is 0.556 bits per heavy atom. The van der Waals surface area contributed by atoms with Gasteiger partial charge in [-0.15, -0.1) is 0 Å². The monoisotopic (exact) mass is 900 g/mol. The van der Waals surface area contributed by atoms with Gasteiger partial charge in [0.25, 0.3) is 0 Å². The standard InChI is InChI=1S/C54H95N2O6P/c1-6-8-10-12-14-16-18-20-21-22-23-24-25-26-27-28-29-30-31-32-33-34-35-36-38-40-42-44-46-48-54(58)55-52(51-62-63(59,60)61-50-49-56(3,4)5)53(57)47-45-43-41-39-37-19-17-15-13-11-9-7-2/h8,10,14,16,20-21,23-24,26-27,29-30,32-33,35-36,52-53,57H,6-7,9,11-13,15,17-19,22,25,28,31,34,37-51H2,1-5H3,(H-,55,58,59,60)/p+1/b10-8-,16-14-,21-20-,24-23-,27-26-,30-29-,33-32-,36-35-. The molecule has 362 valence electrons. The molecule has 0 radical (unpaired) electrons. The second-order valence-corrected chi connectivity index (χ2v) is 19.3. The van der Waals surface area contributed by atoms with Crippen molar-refractivity contribution in [2.24, 2.45) is 0 Å². The molecule has 0 heterocycles. The van der Waals surface area contributed by atoms with Crippen LogP contribution in [0, 0.1) is 0 Å². The van der Waals surface area contributed by atoms with Crippen LogP contribution in [0.4, 0.5) is 0 Å². The fraction of sp³-hybridized carbons (Fsp3) is 0.685. The molecule has 8 nitrogen and oxygen atoms in total. The maximum atomic E-state index is 12.9. The number of hydrogen-bond donors (Lipinski definition) is 3. The molecule has 0 aromatic heterocycles. The first-order chi connectivity index (χ1) is 30.5. The van der Waals surface area contributed by atoms with Crippen molar-refractivity contribution in [1.29, 1.82) is 0 Å². The Morgan fingerprint density at radius 3 is 1.40 bits per heavy atom. The Bertz CT molecular complexity index is 1340. The van der Waals surface area contributed by atoms with Gasteiger partial charge >= 0.3 is 7.82 Å². The number of aliphatic hydroxyl groups is 1. The average Bonchev–Trinajstić information content (AvgIpc) is 3.24. The van der Waals surface area contributed by atoms with E-state index < -0.39 is 20.0 Å². The van der Waals surface area contributed by atoms with Gasteiger partial charge in [0.1, 0.15) is 13.2 Å². The van der Waals surface area contributed by atoms with Gasteiger partial charge in [-0.05, 0) is 77.0 Å². The summed E-state index contributed by atoms with van der Waals surface area (Å²) in [6.07, 6.45) is 63.0. The van der Waals surface area contributed by atoms with Crippen molar-refractivity contribution >= 4 is 13.7 Å². The van der Waals surface area contributed by atoms with Crippen LogP contribution in [0.25, 0.3) is 0 Å². The maximum absolute atomic E-state index is 12.9. The Labute approximate surface area is 388 Å². The summed E-state index contributed by atoms with van der Waals surface area (Å²) in [7, 11) is 1.58. The Kier molecular flexibility index (Phi) is 42.8. The summed E-state index contributed by atoms with van der Waals surface area (Å²) in [5.74, 6) is -0.174. The van der Waals surface area contributed by atoms with Gasteiger partial charge in [-0.25, -0.2) is 4.57 Å². The topological polar surface area (TPSA) is 105 Å². The molecule has 0 aliphatic heterocycles. The molecule has 0 fully saturated rings. The highest BCUT2D eigenvalue weighted by Gasteiger charge is 2.28. The Balaban J connectivity index is 4.30. The number of phosphoric ester groups is 1. The predicted molar refractivity (Wildman–Crippen MR) is 272 cm³/mol. The second-order valence-electron chi connectivity index (χ2n) is 17.8. The molecule has 0 aromatic rings. The number of unbranched alkanes of at least 4 members (excludes halogenated alkanes) is 15. The first-order valence-corrected chi connectivity index (χ1v) is 26.6. The lowest BCUT2D eigenvalue weighted by Gasteiger charge is -2.26. The third kappa shape index (κ3) is 47.2. The molecule has 63 heavy (non-hydrogen) atoms. The largest absolute Gasteiger partial charge is 0.472 e. The van der Waals surface area contributed by atoms with Gasteiger partial charge in [0, 0.05) is 6.42 Å². The normalized spacial score (nSPS) is 15.0. The zero-order valence-electron chi connectivity index (χ0n) is 41.0. The van der Waals surface area contributed by atoms with Crippen molar-refractivity contribution < 1.29 is 32.9 Å². The van der Waals surface area contributed by atoms with E-state index in [0.29, 0.717) is 23.9 Å². The van der Waals surface area contributed by atoms with Crippen LogP contribution in [0.5, 0.6) is 0 Å². The molecule has 3 N–H and O–H groups in total. The van der Waals surface area contributed by atoms with E-state index in [0.717, 1.165) is 103 Å². The molecule has 0 spiro atoms. The van der Waals surface area contributed by atoms with Crippen molar-refractivity contribution in [1.82, 2.24) is 5.32 Å². The van der Waals surface area contributed by atoms with Crippen LogP contribution < -0.4 is 5.32 Å². The number of nitrogens with zero attached hydrogens (tertiary/aromatic N) is 1. The third-order valence-corrected chi connectivity index (χ3v) is 11.6. The third-order valence-electron chi connectivity index (χ3n) is 10.6. The summed E-state index contributed by atoms with van der Waals surface area (Å²) >= 11 is 0. The molecular formula is C54H96N2O6P+. The number of allylic oxidation sites excluding steroid dienone is 16. The second kappa shape index (κ2) is 44.6. The van der Waals surface area contributed by atoms with Crippen LogP contribution in [-0.4, -0.2) is 73.4 Å². The van der Waals surface area contributed by atoms with E-state index in [9.17, 15) is 19.4 Å². The van der Waals surface area contributed by atoms with E-state index in [-0.39, 0.29) is 19.1 Å². The molecule has 0 saturated carbocycles. The van der Waals surface area contributed by atoms with Gasteiger partial charge in [0.15, 0.2) is 0 Å². The highest BCUT2D eigenvalue weighted by Crippen LogP contribution is 2.43. The number of carbonyl (C=O) groups excluding carboxylic acids is 1. The zero-order chi connectivity index (χ0) is 46.4. The summed E-state index contributed by atoms with van der Waals surface area (Å²) < 4.78 is 23.6. The van der Waals surface area contributed by atoms with Crippen molar-refractivity contribution in [2.45, 2.75) is 199 Å². The lowest BCUT2D eigenvalue weighted by molar-refractivity contribution is -0.870. The van der Waals surface area contributed by atoms with E-state index in [4.69, 9.17) is 9.05 Å². The molecule has 9 heteroatoms. The first kappa shape index (κ1) is 60.4. The molecule has 0 saturated heterocycles. The van der Waals surface area contributed by atoms with Crippen molar-refractivity contribution in [3.05, 3.63) is 97.2 Å². The molecule has 1 amide bonds. The Morgan fingerprint density at radius 2 is 0.952 bits per heavy atom. The van der Waals surface area contributed by atoms with Gasteiger partial charge in [0.2, 0.25) is 5.91 Å². The molecular weight excluding hydrogens is 804 g/mol. The van der Waals surface area contributed by atoms with E-state index in [1.165, 1.54) is 57.8 Å². The van der Waals surface area contributed by atoms with Gasteiger partial charge in [0.05, 0.1) is 39.9 Å². The first-order valence-electron chi connectivity index (χ1n) is 25.1. The van der Waals surface area contributed by atoms with Gasteiger partial charge in [-0.3, -0.25) is 13.8 Å². The van der Waals surface area contributed by atoms with E-state index in [2.05, 4.69) is 116 Å². The van der Waals surface area contributed by atoms with Crippen molar-refractivity contribution in [3.63, 3.8) is 0 Å². The van der Waals surface area contributed by atoms with Crippen LogP contribution in [-0.2, 0) is 18.4 Å². The lowest BCUT2D eigenvalue weighted by Crippen LogP contribution is -2.46. The number of aliphatic hydroxyl groups excluding tert-OH is 1. The number of likely N-dealkylation sites (N-methyl/N-ethyl adjacent to an activating group) is 1. The van der Waals surface area contributed by atoms with Crippen LogP contribution in [0.2, 0.25) is 0 Å². The smallest absolute Gasteiger partial charge is 0.391 e. The summed E-state index contributed by atoms with van der Waals surface area (Å²) in [5.41, 5.74) is 0. The predicted octanol–water partition coefficient (Wildman–Crippen LogP) is 14.7. The minimum absolute atomic E-state index is 0.0638. The fourth-order valence-corrected chi connectivity index (χ4v) is 7.38. The van der Waals surface area contributed by atoms with Crippen LogP contribution in [0.3, 0.4) is 0 Å². The molecule has 0 aliphatic rings. The lowest BCUT2D eigenvalue weighted by atomic mass is 10.0. The number of carbonyl (C=O) groups is 1. The fourth-order valence-electron chi connectivity index (χ4n) is 6.65. The maximum Gasteiger partial charge on any atom is 0.472 e. The van der Waals surface area contributed by atoms with E-state index in [1.807, 2.05) is 21.1 Å². The van der Waals surface area contributed by atoms with Crippen molar-refractivity contribution in [3.8, 4) is 0 Å². The molecule has 0 rings (SSSR count). The van der Waals surface area contributed by atoms with Gasteiger partial charge in [-0.1, -0.05) is 201 Å². The highest BCUT2D eigenvalue weighted by atomic mass is 31.2. The zero-order valence-corrected chi connectivity index (χ0v) is 41.9. The number of phosphoric acid groups is 1. The summed E-state index contributed by atoms with van der Waals surface area (Å²) in [5, 5.41) is 13.9. The minimum atomic E-state index is -4.33. The quantitative estimate of drug-likeness (QED) is 0.0243. The van der Waals surface area contributed by atoms with Gasteiger partial charge < -0.3 is 19.8 Å². The summed E-state index contributed by atoms with van der Waals surface area (Å²) in [4.78, 5) is 23.2.